The van der Waals surface area contributed by atoms with E-state index in [2.05, 4.69) is 24.4 Å². The second kappa shape index (κ2) is 8.31. The quantitative estimate of drug-likeness (QED) is 0.907. The molecule has 1 fully saturated rings. The second-order valence-corrected chi connectivity index (χ2v) is 6.31. The molecule has 5 heteroatoms. The minimum Gasteiger partial charge on any atom is -0.385 e. The molecule has 2 rings (SSSR count). The molecule has 5 nitrogen and oxygen atoms in total. The number of hydrogen-bond donors (Lipinski definition) is 1. The number of urea groups is 1. The maximum atomic E-state index is 12.6. The van der Waals surface area contributed by atoms with Crippen LogP contribution in [0.5, 0.6) is 0 Å². The molecule has 1 N–H and O–H groups in total. The number of carbonyl (C=O) groups is 1. The first-order chi connectivity index (χ1) is 11.0. The largest absolute Gasteiger partial charge is 0.385 e. The zero-order valence-electron chi connectivity index (χ0n) is 14.5. The molecule has 2 amide bonds. The van der Waals surface area contributed by atoms with Crippen molar-refractivity contribution in [3.63, 3.8) is 0 Å². The van der Waals surface area contributed by atoms with E-state index in [0.717, 1.165) is 12.0 Å². The molecular formula is C18H28N2O3. The number of benzene rings is 1. The van der Waals surface area contributed by atoms with E-state index in [1.54, 1.807) is 7.11 Å². The Bertz CT molecular complexity index is 521. The summed E-state index contributed by atoms with van der Waals surface area (Å²) in [5.41, 5.74) is 2.35. The van der Waals surface area contributed by atoms with Gasteiger partial charge >= 0.3 is 6.03 Å². The minimum atomic E-state index is -0.0626. The molecule has 1 aromatic rings. The molecule has 1 aliphatic rings. The lowest BCUT2D eigenvalue weighted by Crippen LogP contribution is -2.53. The van der Waals surface area contributed by atoms with Crippen LogP contribution in [0.1, 0.15) is 37.5 Å². The lowest BCUT2D eigenvalue weighted by Gasteiger charge is -2.39. The van der Waals surface area contributed by atoms with Crippen molar-refractivity contribution in [2.45, 2.75) is 45.4 Å². The number of hydrogen-bond acceptors (Lipinski definition) is 3. The molecule has 1 aliphatic heterocycles. The first-order valence-electron chi connectivity index (χ1n) is 8.26. The number of carbonyl (C=O) groups excluding carboxylic acids is 1. The summed E-state index contributed by atoms with van der Waals surface area (Å²) in [6.45, 7) is 7.88. The Morgan fingerprint density at radius 3 is 2.91 bits per heavy atom. The first kappa shape index (κ1) is 17.8. The first-order valence-corrected chi connectivity index (χ1v) is 8.26. The predicted molar refractivity (Wildman–Crippen MR) is 90.5 cm³/mol. The van der Waals surface area contributed by atoms with Gasteiger partial charge in [-0.3, -0.25) is 0 Å². The summed E-state index contributed by atoms with van der Waals surface area (Å²) in [5.74, 6) is 0. The van der Waals surface area contributed by atoms with Gasteiger partial charge in [0.15, 0.2) is 0 Å². The van der Waals surface area contributed by atoms with Gasteiger partial charge in [-0.2, -0.15) is 0 Å². The van der Waals surface area contributed by atoms with Crippen LogP contribution >= 0.6 is 0 Å². The molecule has 0 unspecified atom stereocenters. The Labute approximate surface area is 139 Å². The molecule has 1 heterocycles. The van der Waals surface area contributed by atoms with Gasteiger partial charge in [0, 0.05) is 19.8 Å². The van der Waals surface area contributed by atoms with Gasteiger partial charge in [-0.1, -0.05) is 24.3 Å². The van der Waals surface area contributed by atoms with E-state index < -0.39 is 0 Å². The van der Waals surface area contributed by atoms with Gasteiger partial charge in [0.2, 0.25) is 0 Å². The van der Waals surface area contributed by atoms with Crippen molar-refractivity contribution in [1.82, 2.24) is 10.2 Å². The fraction of sp³-hybridized carbons (Fsp3) is 0.611. The summed E-state index contributed by atoms with van der Waals surface area (Å²) < 4.78 is 11.0. The molecule has 23 heavy (non-hydrogen) atoms. The highest BCUT2D eigenvalue weighted by atomic mass is 16.5. The lowest BCUT2D eigenvalue weighted by atomic mass is 10.0. The summed E-state index contributed by atoms with van der Waals surface area (Å²) in [6, 6.07) is 8.33. The standard InChI is InChI=1S/C18H28N2O3/c1-13-7-5-6-8-16(13)17-11-20(15(3)12-23-17)18(21)19-14(2)9-10-22-4/h5-8,14-15,17H,9-12H2,1-4H3,(H,19,21)/t14-,15+,17-/m0/s1. The third kappa shape index (κ3) is 4.69. The maximum Gasteiger partial charge on any atom is 0.318 e. The van der Waals surface area contributed by atoms with Crippen LogP contribution in [-0.4, -0.2) is 49.9 Å². The maximum absolute atomic E-state index is 12.6. The highest BCUT2D eigenvalue weighted by Crippen LogP contribution is 2.27. The van der Waals surface area contributed by atoms with Gasteiger partial charge in [0.25, 0.3) is 0 Å². The topological polar surface area (TPSA) is 50.8 Å². The fourth-order valence-corrected chi connectivity index (χ4v) is 2.84. The van der Waals surface area contributed by atoms with Crippen molar-refractivity contribution in [3.8, 4) is 0 Å². The van der Waals surface area contributed by atoms with Crippen LogP contribution in [0.3, 0.4) is 0 Å². The zero-order valence-corrected chi connectivity index (χ0v) is 14.5. The number of amides is 2. The normalized spacial score (nSPS) is 22.7. The molecule has 0 radical (unpaired) electrons. The number of morpholine rings is 1. The van der Waals surface area contributed by atoms with Crippen LogP contribution in [0, 0.1) is 6.92 Å². The van der Waals surface area contributed by atoms with Crippen molar-refractivity contribution in [1.29, 1.82) is 0 Å². The average Bonchev–Trinajstić information content (AvgIpc) is 2.54. The number of rotatable bonds is 5. The van der Waals surface area contributed by atoms with Crippen LogP contribution in [0.4, 0.5) is 4.79 Å². The van der Waals surface area contributed by atoms with Gasteiger partial charge in [-0.15, -0.1) is 0 Å². The van der Waals surface area contributed by atoms with E-state index in [-0.39, 0.29) is 24.2 Å². The lowest BCUT2D eigenvalue weighted by molar-refractivity contribution is -0.0433. The Balaban J connectivity index is 2.00. The number of nitrogens with zero attached hydrogens (tertiary/aromatic N) is 1. The molecule has 0 aliphatic carbocycles. The molecule has 1 saturated heterocycles. The number of ether oxygens (including phenoxy) is 2. The smallest absolute Gasteiger partial charge is 0.318 e. The molecule has 0 spiro atoms. The third-order valence-corrected chi connectivity index (χ3v) is 4.35. The monoisotopic (exact) mass is 320 g/mol. The molecule has 1 aromatic carbocycles. The van der Waals surface area contributed by atoms with Gasteiger partial charge in [0.05, 0.1) is 19.2 Å². The number of nitrogens with one attached hydrogen (secondary N) is 1. The molecule has 0 saturated carbocycles. The van der Waals surface area contributed by atoms with Gasteiger partial charge in [0.1, 0.15) is 6.10 Å². The number of aryl methyl sites for hydroxylation is 1. The van der Waals surface area contributed by atoms with Gasteiger partial charge in [-0.25, -0.2) is 4.79 Å². The fourth-order valence-electron chi connectivity index (χ4n) is 2.84. The SMILES string of the molecule is COCC[C@H](C)NC(=O)N1C[C@@H](c2ccccc2C)OC[C@H]1C. The third-order valence-electron chi connectivity index (χ3n) is 4.35. The van der Waals surface area contributed by atoms with Crippen molar-refractivity contribution in [3.05, 3.63) is 35.4 Å². The van der Waals surface area contributed by atoms with Crippen LogP contribution in [0.25, 0.3) is 0 Å². The molecule has 0 bridgehead atoms. The summed E-state index contributed by atoms with van der Waals surface area (Å²) in [4.78, 5) is 14.4. The van der Waals surface area contributed by atoms with Gasteiger partial charge in [-0.05, 0) is 38.3 Å². The van der Waals surface area contributed by atoms with Crippen LogP contribution < -0.4 is 5.32 Å². The van der Waals surface area contributed by atoms with Crippen LogP contribution in [0.15, 0.2) is 24.3 Å². The molecule has 128 valence electrons. The Hall–Kier alpha value is -1.59. The van der Waals surface area contributed by atoms with E-state index in [4.69, 9.17) is 9.47 Å². The molecule has 0 aromatic heterocycles. The van der Waals surface area contributed by atoms with Crippen LogP contribution in [0.2, 0.25) is 0 Å². The summed E-state index contributed by atoms with van der Waals surface area (Å²) in [7, 11) is 1.67. The van der Waals surface area contributed by atoms with Crippen molar-refractivity contribution in [2.24, 2.45) is 0 Å². The summed E-state index contributed by atoms with van der Waals surface area (Å²) >= 11 is 0. The Morgan fingerprint density at radius 2 is 2.22 bits per heavy atom. The molecular weight excluding hydrogens is 292 g/mol. The number of methoxy groups -OCH3 is 1. The van der Waals surface area contributed by atoms with Crippen LogP contribution in [-0.2, 0) is 9.47 Å². The Morgan fingerprint density at radius 1 is 1.48 bits per heavy atom. The zero-order chi connectivity index (χ0) is 16.8. The second-order valence-electron chi connectivity index (χ2n) is 6.31. The van der Waals surface area contributed by atoms with E-state index >= 15 is 0 Å². The van der Waals surface area contributed by atoms with Crippen molar-refractivity contribution in [2.75, 3.05) is 26.9 Å². The summed E-state index contributed by atoms with van der Waals surface area (Å²) in [5, 5.41) is 3.05. The predicted octanol–water partition coefficient (Wildman–Crippen LogP) is 2.89. The Kier molecular flexibility index (Phi) is 6.42. The van der Waals surface area contributed by atoms with E-state index in [1.165, 1.54) is 5.56 Å². The molecule has 3 atom stereocenters. The van der Waals surface area contributed by atoms with E-state index in [9.17, 15) is 4.79 Å². The van der Waals surface area contributed by atoms with Crippen molar-refractivity contribution < 1.29 is 14.3 Å². The highest BCUT2D eigenvalue weighted by Gasteiger charge is 2.31. The minimum absolute atomic E-state index is 0.0250. The van der Waals surface area contributed by atoms with Gasteiger partial charge < -0.3 is 19.7 Å². The van der Waals surface area contributed by atoms with Crippen molar-refractivity contribution >= 4 is 6.03 Å². The average molecular weight is 320 g/mol. The highest BCUT2D eigenvalue weighted by molar-refractivity contribution is 5.75. The summed E-state index contributed by atoms with van der Waals surface area (Å²) in [6.07, 6.45) is 0.745. The van der Waals surface area contributed by atoms with E-state index in [1.807, 2.05) is 30.9 Å². The van der Waals surface area contributed by atoms with E-state index in [0.29, 0.717) is 19.8 Å².